The van der Waals surface area contributed by atoms with Crippen LogP contribution in [0.4, 0.5) is 16.0 Å². The fourth-order valence-corrected chi connectivity index (χ4v) is 2.47. The standard InChI is InChI=1S/C17H18FN3/c1-3-11-8-9-14(12(4-2)10-11)19-17-20-15-7-5-6-13(18)16(15)21-17/h5-10H,3-4H2,1-2H3,(H2,19,20,21). The van der Waals surface area contributed by atoms with Gasteiger partial charge in [-0.3, -0.25) is 0 Å². The molecule has 3 aromatic rings. The first-order valence-electron chi connectivity index (χ1n) is 7.24. The number of imidazole rings is 1. The summed E-state index contributed by atoms with van der Waals surface area (Å²) in [6.07, 6.45) is 1.95. The molecule has 4 heteroatoms. The van der Waals surface area contributed by atoms with Crippen molar-refractivity contribution in [1.82, 2.24) is 9.97 Å². The Labute approximate surface area is 123 Å². The number of hydrogen-bond acceptors (Lipinski definition) is 2. The number of H-pyrrole nitrogens is 1. The zero-order valence-electron chi connectivity index (χ0n) is 12.2. The van der Waals surface area contributed by atoms with E-state index in [1.165, 1.54) is 17.2 Å². The Morgan fingerprint density at radius 1 is 1.14 bits per heavy atom. The van der Waals surface area contributed by atoms with Gasteiger partial charge in [-0.25, -0.2) is 9.37 Å². The van der Waals surface area contributed by atoms with Gasteiger partial charge in [-0.1, -0.05) is 32.0 Å². The molecule has 1 aromatic heterocycles. The highest BCUT2D eigenvalue weighted by molar-refractivity contribution is 5.79. The zero-order chi connectivity index (χ0) is 14.8. The van der Waals surface area contributed by atoms with E-state index in [9.17, 15) is 4.39 Å². The van der Waals surface area contributed by atoms with Crippen LogP contribution in [-0.2, 0) is 12.8 Å². The molecule has 0 atom stereocenters. The number of aryl methyl sites for hydroxylation is 2. The number of anilines is 2. The van der Waals surface area contributed by atoms with Gasteiger partial charge < -0.3 is 10.3 Å². The van der Waals surface area contributed by atoms with E-state index in [0.717, 1.165) is 18.5 Å². The van der Waals surface area contributed by atoms with Gasteiger partial charge >= 0.3 is 0 Å². The van der Waals surface area contributed by atoms with E-state index in [1.54, 1.807) is 6.07 Å². The number of nitrogens with one attached hydrogen (secondary N) is 2. The minimum absolute atomic E-state index is 0.311. The molecule has 0 saturated carbocycles. The van der Waals surface area contributed by atoms with Gasteiger partial charge in [0, 0.05) is 5.69 Å². The molecule has 0 aliphatic heterocycles. The van der Waals surface area contributed by atoms with Gasteiger partial charge in [0.05, 0.1) is 5.52 Å². The fourth-order valence-electron chi connectivity index (χ4n) is 2.47. The Kier molecular flexibility index (Phi) is 3.60. The molecule has 2 N–H and O–H groups in total. The molecule has 0 spiro atoms. The van der Waals surface area contributed by atoms with E-state index < -0.39 is 0 Å². The monoisotopic (exact) mass is 283 g/mol. The van der Waals surface area contributed by atoms with Crippen molar-refractivity contribution in [3.63, 3.8) is 0 Å². The highest BCUT2D eigenvalue weighted by Crippen LogP contribution is 2.24. The topological polar surface area (TPSA) is 40.7 Å². The van der Waals surface area contributed by atoms with Crippen molar-refractivity contribution in [2.75, 3.05) is 5.32 Å². The molecule has 0 unspecified atom stereocenters. The van der Waals surface area contributed by atoms with Crippen LogP contribution in [0.5, 0.6) is 0 Å². The molecule has 0 radical (unpaired) electrons. The Bertz CT molecular complexity index is 777. The largest absolute Gasteiger partial charge is 0.326 e. The quantitative estimate of drug-likeness (QED) is 0.736. The molecule has 1 heterocycles. The molecule has 0 bridgehead atoms. The molecule has 3 rings (SSSR count). The second kappa shape index (κ2) is 5.56. The maximum Gasteiger partial charge on any atom is 0.205 e. The maximum absolute atomic E-state index is 13.7. The Morgan fingerprint density at radius 2 is 2.00 bits per heavy atom. The lowest BCUT2D eigenvalue weighted by Crippen LogP contribution is -1.98. The minimum atomic E-state index is -0.311. The van der Waals surface area contributed by atoms with E-state index in [-0.39, 0.29) is 5.82 Å². The Hall–Kier alpha value is -2.36. The van der Waals surface area contributed by atoms with Gasteiger partial charge in [-0.2, -0.15) is 0 Å². The van der Waals surface area contributed by atoms with Crippen LogP contribution in [0, 0.1) is 5.82 Å². The molecule has 21 heavy (non-hydrogen) atoms. The summed E-state index contributed by atoms with van der Waals surface area (Å²) in [5, 5.41) is 3.26. The lowest BCUT2D eigenvalue weighted by molar-refractivity contribution is 0.637. The molecule has 3 nitrogen and oxygen atoms in total. The normalized spacial score (nSPS) is 11.0. The molecular formula is C17H18FN3. The third kappa shape index (κ3) is 2.61. The number of aromatic nitrogens is 2. The van der Waals surface area contributed by atoms with Crippen LogP contribution in [0.1, 0.15) is 25.0 Å². The SMILES string of the molecule is CCc1ccc(Nc2nc3c(F)cccc3[nH]2)c(CC)c1. The van der Waals surface area contributed by atoms with Crippen LogP contribution in [-0.4, -0.2) is 9.97 Å². The lowest BCUT2D eigenvalue weighted by Gasteiger charge is -2.10. The molecule has 108 valence electrons. The second-order valence-corrected chi connectivity index (χ2v) is 5.05. The zero-order valence-corrected chi connectivity index (χ0v) is 12.2. The summed E-state index contributed by atoms with van der Waals surface area (Å²) in [4.78, 5) is 7.39. The Balaban J connectivity index is 1.96. The first-order valence-corrected chi connectivity index (χ1v) is 7.24. The van der Waals surface area contributed by atoms with Crippen molar-refractivity contribution in [2.24, 2.45) is 0 Å². The van der Waals surface area contributed by atoms with Crippen LogP contribution in [0.2, 0.25) is 0 Å². The summed E-state index contributed by atoms with van der Waals surface area (Å²) in [6, 6.07) is 11.3. The molecule has 0 fully saturated rings. The summed E-state index contributed by atoms with van der Waals surface area (Å²) in [6.45, 7) is 4.27. The molecule has 0 saturated heterocycles. The number of hydrogen-bond donors (Lipinski definition) is 2. The first-order chi connectivity index (χ1) is 10.2. The highest BCUT2D eigenvalue weighted by Gasteiger charge is 2.09. The molecular weight excluding hydrogens is 265 g/mol. The van der Waals surface area contributed by atoms with E-state index >= 15 is 0 Å². The van der Waals surface area contributed by atoms with Gasteiger partial charge in [-0.15, -0.1) is 0 Å². The van der Waals surface area contributed by atoms with Gasteiger partial charge in [0.25, 0.3) is 0 Å². The third-order valence-electron chi connectivity index (χ3n) is 3.68. The second-order valence-electron chi connectivity index (χ2n) is 5.05. The van der Waals surface area contributed by atoms with Crippen LogP contribution in [0.15, 0.2) is 36.4 Å². The minimum Gasteiger partial charge on any atom is -0.326 e. The smallest absolute Gasteiger partial charge is 0.205 e. The van der Waals surface area contributed by atoms with Crippen LogP contribution < -0.4 is 5.32 Å². The number of aromatic amines is 1. The van der Waals surface area contributed by atoms with E-state index in [0.29, 0.717) is 17.0 Å². The van der Waals surface area contributed by atoms with Gasteiger partial charge in [0.15, 0.2) is 5.82 Å². The molecule has 0 aliphatic rings. The van der Waals surface area contributed by atoms with E-state index in [2.05, 4.69) is 47.3 Å². The van der Waals surface area contributed by atoms with Crippen molar-refractivity contribution in [2.45, 2.75) is 26.7 Å². The summed E-state index contributed by atoms with van der Waals surface area (Å²) in [5.41, 5.74) is 4.61. The van der Waals surface area contributed by atoms with Gasteiger partial charge in [0.1, 0.15) is 5.52 Å². The number of halogens is 1. The first kappa shape index (κ1) is 13.6. The predicted molar refractivity (Wildman–Crippen MR) is 84.5 cm³/mol. The predicted octanol–water partition coefficient (Wildman–Crippen LogP) is 4.57. The highest BCUT2D eigenvalue weighted by atomic mass is 19.1. The van der Waals surface area contributed by atoms with E-state index in [4.69, 9.17) is 0 Å². The van der Waals surface area contributed by atoms with Crippen molar-refractivity contribution in [3.05, 3.63) is 53.3 Å². The summed E-state index contributed by atoms with van der Waals surface area (Å²) in [5.74, 6) is 0.253. The third-order valence-corrected chi connectivity index (χ3v) is 3.68. The van der Waals surface area contributed by atoms with Crippen molar-refractivity contribution >= 4 is 22.7 Å². The van der Waals surface area contributed by atoms with Crippen LogP contribution in [0.3, 0.4) is 0 Å². The maximum atomic E-state index is 13.7. The average molecular weight is 283 g/mol. The average Bonchev–Trinajstić information content (AvgIpc) is 2.91. The number of nitrogens with zero attached hydrogens (tertiary/aromatic N) is 1. The van der Waals surface area contributed by atoms with E-state index in [1.807, 2.05) is 6.07 Å². The van der Waals surface area contributed by atoms with Gasteiger partial charge in [-0.05, 0) is 42.2 Å². The summed E-state index contributed by atoms with van der Waals surface area (Å²) >= 11 is 0. The lowest BCUT2D eigenvalue weighted by atomic mass is 10.0. The molecule has 0 amide bonds. The van der Waals surface area contributed by atoms with Crippen LogP contribution >= 0.6 is 0 Å². The summed E-state index contributed by atoms with van der Waals surface area (Å²) < 4.78 is 13.7. The number of benzene rings is 2. The Morgan fingerprint density at radius 3 is 2.71 bits per heavy atom. The molecule has 0 aliphatic carbocycles. The fraction of sp³-hybridized carbons (Fsp3) is 0.235. The number of fused-ring (bicyclic) bond motifs is 1. The van der Waals surface area contributed by atoms with Crippen LogP contribution in [0.25, 0.3) is 11.0 Å². The van der Waals surface area contributed by atoms with Gasteiger partial charge in [0.2, 0.25) is 5.95 Å². The van der Waals surface area contributed by atoms with Crippen molar-refractivity contribution < 1.29 is 4.39 Å². The van der Waals surface area contributed by atoms with Crippen molar-refractivity contribution in [3.8, 4) is 0 Å². The number of rotatable bonds is 4. The number of para-hydroxylation sites is 1. The van der Waals surface area contributed by atoms with Crippen molar-refractivity contribution in [1.29, 1.82) is 0 Å². The summed E-state index contributed by atoms with van der Waals surface area (Å²) in [7, 11) is 0. The molecule has 2 aromatic carbocycles.